The molecule has 0 fully saturated rings. The van der Waals surface area contributed by atoms with Gasteiger partial charge in [0.1, 0.15) is 0 Å². The highest BCUT2D eigenvalue weighted by atomic mass is 14.9. The first-order valence-corrected chi connectivity index (χ1v) is 8.29. The zero-order valence-electron chi connectivity index (χ0n) is 13.0. The molecule has 21 heavy (non-hydrogen) atoms. The van der Waals surface area contributed by atoms with Gasteiger partial charge in [0.15, 0.2) is 0 Å². The van der Waals surface area contributed by atoms with Crippen LogP contribution in [0.1, 0.15) is 49.4 Å². The molecule has 2 heteroatoms. The Morgan fingerprint density at radius 1 is 1.33 bits per heavy atom. The molecule has 112 valence electrons. The smallest absolute Gasteiger partial charge is 0.0462 e. The molecular formula is C19H26N2. The minimum Gasteiger partial charge on any atom is -0.358 e. The summed E-state index contributed by atoms with van der Waals surface area (Å²) >= 11 is 0. The van der Waals surface area contributed by atoms with E-state index in [1.54, 1.807) is 0 Å². The van der Waals surface area contributed by atoms with Crippen molar-refractivity contribution < 1.29 is 0 Å². The summed E-state index contributed by atoms with van der Waals surface area (Å²) in [6.45, 7) is 7.11. The van der Waals surface area contributed by atoms with Crippen molar-refractivity contribution in [2.45, 2.75) is 58.0 Å². The lowest BCUT2D eigenvalue weighted by molar-refractivity contribution is 0.481. The number of aromatic amines is 1. The molecule has 2 nitrogen and oxygen atoms in total. The van der Waals surface area contributed by atoms with Gasteiger partial charge < -0.3 is 10.3 Å². The minimum absolute atomic E-state index is 0.534. The van der Waals surface area contributed by atoms with Gasteiger partial charge in [0.05, 0.1) is 0 Å². The lowest BCUT2D eigenvalue weighted by Gasteiger charge is -2.23. The Bertz CT molecular complexity index is 624. The van der Waals surface area contributed by atoms with E-state index < -0.39 is 0 Å². The van der Waals surface area contributed by atoms with Crippen LogP contribution in [0.25, 0.3) is 10.9 Å². The van der Waals surface area contributed by atoms with Gasteiger partial charge in [0.2, 0.25) is 0 Å². The quantitative estimate of drug-likeness (QED) is 0.593. The SMILES string of the molecule is C=CCC1Cc2[nH]c3cccc(CCCCC)c3c2CN1. The Morgan fingerprint density at radius 2 is 2.24 bits per heavy atom. The van der Waals surface area contributed by atoms with E-state index >= 15 is 0 Å². The van der Waals surface area contributed by atoms with Gasteiger partial charge in [-0.2, -0.15) is 0 Å². The number of H-pyrrole nitrogens is 1. The van der Waals surface area contributed by atoms with Gasteiger partial charge in [0, 0.05) is 35.6 Å². The average molecular weight is 282 g/mol. The number of fused-ring (bicyclic) bond motifs is 3. The first-order valence-electron chi connectivity index (χ1n) is 8.29. The summed E-state index contributed by atoms with van der Waals surface area (Å²) < 4.78 is 0. The van der Waals surface area contributed by atoms with Gasteiger partial charge >= 0.3 is 0 Å². The van der Waals surface area contributed by atoms with Crippen LogP contribution in [0.2, 0.25) is 0 Å². The molecule has 0 aliphatic carbocycles. The highest BCUT2D eigenvalue weighted by molar-refractivity contribution is 5.88. The van der Waals surface area contributed by atoms with Crippen LogP contribution in [-0.2, 0) is 19.4 Å². The van der Waals surface area contributed by atoms with Crippen molar-refractivity contribution in [3.8, 4) is 0 Å². The maximum absolute atomic E-state index is 3.86. The normalized spacial score (nSPS) is 17.9. The Balaban J connectivity index is 1.91. The van der Waals surface area contributed by atoms with Crippen LogP contribution >= 0.6 is 0 Å². The van der Waals surface area contributed by atoms with Gasteiger partial charge in [-0.05, 0) is 36.5 Å². The van der Waals surface area contributed by atoms with Crippen molar-refractivity contribution in [3.05, 3.63) is 47.7 Å². The van der Waals surface area contributed by atoms with Crippen LogP contribution in [-0.4, -0.2) is 11.0 Å². The van der Waals surface area contributed by atoms with Gasteiger partial charge in [-0.1, -0.05) is 38.0 Å². The van der Waals surface area contributed by atoms with Crippen molar-refractivity contribution in [2.24, 2.45) is 0 Å². The molecule has 1 aliphatic rings. The van der Waals surface area contributed by atoms with Crippen LogP contribution in [0, 0.1) is 0 Å². The molecule has 0 amide bonds. The number of nitrogens with one attached hydrogen (secondary N) is 2. The Kier molecular flexibility index (Phi) is 4.45. The van der Waals surface area contributed by atoms with Crippen molar-refractivity contribution in [3.63, 3.8) is 0 Å². The summed E-state index contributed by atoms with van der Waals surface area (Å²) in [4.78, 5) is 3.66. The largest absolute Gasteiger partial charge is 0.358 e. The molecular weight excluding hydrogens is 256 g/mol. The van der Waals surface area contributed by atoms with E-state index in [1.807, 2.05) is 6.08 Å². The van der Waals surface area contributed by atoms with Gasteiger partial charge in [-0.15, -0.1) is 6.58 Å². The molecule has 2 aromatic rings. The maximum Gasteiger partial charge on any atom is 0.0462 e. The zero-order chi connectivity index (χ0) is 14.7. The Hall–Kier alpha value is -1.54. The summed E-state index contributed by atoms with van der Waals surface area (Å²) in [7, 11) is 0. The molecule has 1 aromatic carbocycles. The zero-order valence-corrected chi connectivity index (χ0v) is 13.0. The molecule has 1 atom stereocenters. The third kappa shape index (κ3) is 2.91. The minimum atomic E-state index is 0.534. The van der Waals surface area contributed by atoms with Gasteiger partial charge in [-0.3, -0.25) is 0 Å². The van der Waals surface area contributed by atoms with Crippen molar-refractivity contribution in [1.29, 1.82) is 0 Å². The van der Waals surface area contributed by atoms with Crippen LogP contribution in [0.4, 0.5) is 0 Å². The lowest BCUT2D eigenvalue weighted by Crippen LogP contribution is -2.34. The van der Waals surface area contributed by atoms with E-state index in [2.05, 4.69) is 42.0 Å². The number of hydrogen-bond donors (Lipinski definition) is 2. The van der Waals surface area contributed by atoms with Crippen molar-refractivity contribution >= 4 is 10.9 Å². The van der Waals surface area contributed by atoms with Crippen LogP contribution in [0.5, 0.6) is 0 Å². The van der Waals surface area contributed by atoms with E-state index in [-0.39, 0.29) is 0 Å². The average Bonchev–Trinajstić information content (AvgIpc) is 2.86. The van der Waals surface area contributed by atoms with Crippen molar-refractivity contribution in [2.75, 3.05) is 0 Å². The Labute approximate surface area is 127 Å². The number of aromatic nitrogens is 1. The fourth-order valence-corrected chi connectivity index (χ4v) is 3.53. The molecule has 1 unspecified atom stereocenters. The highest BCUT2D eigenvalue weighted by Crippen LogP contribution is 2.30. The topological polar surface area (TPSA) is 27.8 Å². The van der Waals surface area contributed by atoms with Crippen LogP contribution in [0.3, 0.4) is 0 Å². The number of benzene rings is 1. The molecule has 0 spiro atoms. The van der Waals surface area contributed by atoms with E-state index in [9.17, 15) is 0 Å². The molecule has 0 saturated heterocycles. The monoisotopic (exact) mass is 282 g/mol. The van der Waals surface area contributed by atoms with Crippen LogP contribution in [0.15, 0.2) is 30.9 Å². The van der Waals surface area contributed by atoms with E-state index in [0.29, 0.717) is 6.04 Å². The fourth-order valence-electron chi connectivity index (χ4n) is 3.53. The third-order valence-electron chi connectivity index (χ3n) is 4.62. The summed E-state index contributed by atoms with van der Waals surface area (Å²) in [6, 6.07) is 7.26. The number of unbranched alkanes of at least 4 members (excludes halogenated alkanes) is 2. The standard InChI is InChI=1S/C19H26N2/c1-3-5-6-9-14-10-7-11-17-19(14)16-13-20-15(8-4-2)12-18(16)21-17/h4,7,10-11,15,20-21H,2-3,5-6,8-9,12-13H2,1H3. The molecule has 2 heterocycles. The number of aryl methyl sites for hydroxylation is 1. The summed E-state index contributed by atoms with van der Waals surface area (Å²) in [5.74, 6) is 0. The third-order valence-corrected chi connectivity index (χ3v) is 4.62. The van der Waals surface area contributed by atoms with E-state index in [1.165, 1.54) is 53.4 Å². The van der Waals surface area contributed by atoms with Crippen LogP contribution < -0.4 is 5.32 Å². The second-order valence-electron chi connectivity index (χ2n) is 6.19. The first-order chi connectivity index (χ1) is 10.3. The molecule has 0 radical (unpaired) electrons. The fraction of sp³-hybridized carbons (Fsp3) is 0.474. The predicted molar refractivity (Wildman–Crippen MR) is 90.7 cm³/mol. The maximum atomic E-state index is 3.86. The second kappa shape index (κ2) is 6.48. The summed E-state index contributed by atoms with van der Waals surface area (Å²) in [6.07, 6.45) is 9.24. The van der Waals surface area contributed by atoms with Gasteiger partial charge in [0.25, 0.3) is 0 Å². The second-order valence-corrected chi connectivity index (χ2v) is 6.19. The summed E-state index contributed by atoms with van der Waals surface area (Å²) in [5.41, 5.74) is 5.76. The molecule has 3 rings (SSSR count). The lowest BCUT2D eigenvalue weighted by atomic mass is 9.95. The highest BCUT2D eigenvalue weighted by Gasteiger charge is 2.22. The van der Waals surface area contributed by atoms with E-state index in [4.69, 9.17) is 0 Å². The molecule has 0 saturated carbocycles. The van der Waals surface area contributed by atoms with Crippen molar-refractivity contribution in [1.82, 2.24) is 10.3 Å². The Morgan fingerprint density at radius 3 is 3.05 bits per heavy atom. The summed E-state index contributed by atoms with van der Waals surface area (Å²) in [5, 5.41) is 5.14. The molecule has 1 aliphatic heterocycles. The number of hydrogen-bond acceptors (Lipinski definition) is 1. The van der Waals surface area contributed by atoms with E-state index in [0.717, 1.165) is 19.4 Å². The predicted octanol–water partition coefficient (Wildman–Crippen LogP) is 4.49. The molecule has 1 aromatic heterocycles. The molecule has 2 N–H and O–H groups in total. The molecule has 0 bridgehead atoms. The first kappa shape index (κ1) is 14.4. The van der Waals surface area contributed by atoms with Gasteiger partial charge in [-0.25, -0.2) is 0 Å². The number of rotatable bonds is 6.